The van der Waals surface area contributed by atoms with Crippen LogP contribution in [0.4, 0.5) is 0 Å². The SMILES string of the molecule is NCCOC(c1cccc(Cl)c1)c1cc(CO)cc2c1OCC2. The Labute approximate surface area is 140 Å². The summed E-state index contributed by atoms with van der Waals surface area (Å²) >= 11 is 6.13. The van der Waals surface area contributed by atoms with E-state index in [1.165, 1.54) is 0 Å². The van der Waals surface area contributed by atoms with Crippen molar-refractivity contribution in [3.05, 3.63) is 63.7 Å². The summed E-state index contributed by atoms with van der Waals surface area (Å²) < 4.78 is 11.8. The van der Waals surface area contributed by atoms with Gasteiger partial charge in [0.05, 0.1) is 19.8 Å². The Kier molecular flexibility index (Phi) is 5.18. The molecule has 0 aliphatic carbocycles. The molecule has 0 bridgehead atoms. The van der Waals surface area contributed by atoms with Crippen LogP contribution in [0.5, 0.6) is 5.75 Å². The number of hydrogen-bond acceptors (Lipinski definition) is 4. The molecule has 1 aliphatic rings. The van der Waals surface area contributed by atoms with Gasteiger partial charge in [-0.1, -0.05) is 23.7 Å². The standard InChI is InChI=1S/C18H20ClNO3/c19-15-3-1-2-13(10-15)17(23-7-5-20)16-9-12(11-21)8-14-4-6-22-18(14)16/h1-3,8-10,17,21H,4-7,11,20H2. The maximum Gasteiger partial charge on any atom is 0.128 e. The van der Waals surface area contributed by atoms with Crippen molar-refractivity contribution in [2.75, 3.05) is 19.8 Å². The van der Waals surface area contributed by atoms with Gasteiger partial charge in [-0.15, -0.1) is 0 Å². The van der Waals surface area contributed by atoms with Crippen LogP contribution >= 0.6 is 11.6 Å². The van der Waals surface area contributed by atoms with E-state index in [1.54, 1.807) is 0 Å². The second-order valence-corrected chi connectivity index (χ2v) is 5.96. The molecule has 1 aliphatic heterocycles. The minimum Gasteiger partial charge on any atom is -0.493 e. The molecule has 122 valence electrons. The Morgan fingerprint density at radius 1 is 1.30 bits per heavy atom. The fourth-order valence-electron chi connectivity index (χ4n) is 2.91. The number of fused-ring (bicyclic) bond motifs is 1. The van der Waals surface area contributed by atoms with Gasteiger partial charge >= 0.3 is 0 Å². The fourth-order valence-corrected chi connectivity index (χ4v) is 3.11. The number of ether oxygens (including phenoxy) is 2. The van der Waals surface area contributed by atoms with Crippen LogP contribution in [0.3, 0.4) is 0 Å². The molecule has 2 aromatic rings. The molecule has 2 aromatic carbocycles. The normalized spacial score (nSPS) is 14.4. The van der Waals surface area contributed by atoms with Gasteiger partial charge in [-0.3, -0.25) is 0 Å². The zero-order chi connectivity index (χ0) is 16.2. The molecule has 3 rings (SSSR count). The lowest BCUT2D eigenvalue weighted by atomic mass is 9.95. The van der Waals surface area contributed by atoms with Gasteiger partial charge in [-0.25, -0.2) is 0 Å². The van der Waals surface area contributed by atoms with Gasteiger partial charge in [-0.2, -0.15) is 0 Å². The van der Waals surface area contributed by atoms with Crippen molar-refractivity contribution < 1.29 is 14.6 Å². The van der Waals surface area contributed by atoms with Crippen molar-refractivity contribution >= 4 is 11.6 Å². The maximum absolute atomic E-state index is 9.54. The van der Waals surface area contributed by atoms with Crippen molar-refractivity contribution in [3.8, 4) is 5.75 Å². The van der Waals surface area contributed by atoms with Crippen molar-refractivity contribution in [1.29, 1.82) is 0 Å². The molecular weight excluding hydrogens is 314 g/mol. The maximum atomic E-state index is 9.54. The highest BCUT2D eigenvalue weighted by Crippen LogP contribution is 2.39. The van der Waals surface area contributed by atoms with Gasteiger partial charge in [0.1, 0.15) is 11.9 Å². The highest BCUT2D eigenvalue weighted by atomic mass is 35.5. The lowest BCUT2D eigenvalue weighted by Gasteiger charge is -2.22. The lowest BCUT2D eigenvalue weighted by molar-refractivity contribution is 0.0843. The largest absolute Gasteiger partial charge is 0.493 e. The number of aliphatic hydroxyl groups excluding tert-OH is 1. The summed E-state index contributed by atoms with van der Waals surface area (Å²) in [7, 11) is 0. The zero-order valence-electron chi connectivity index (χ0n) is 12.8. The van der Waals surface area contributed by atoms with E-state index in [4.69, 9.17) is 26.8 Å². The smallest absolute Gasteiger partial charge is 0.128 e. The molecule has 0 spiro atoms. The first-order valence-electron chi connectivity index (χ1n) is 7.69. The molecule has 0 saturated heterocycles. The van der Waals surface area contributed by atoms with E-state index in [9.17, 15) is 5.11 Å². The van der Waals surface area contributed by atoms with E-state index in [-0.39, 0.29) is 12.7 Å². The van der Waals surface area contributed by atoms with Crippen molar-refractivity contribution in [1.82, 2.24) is 0 Å². The molecule has 0 fully saturated rings. The van der Waals surface area contributed by atoms with Gasteiger partial charge in [-0.05, 0) is 41.0 Å². The molecule has 1 unspecified atom stereocenters. The molecule has 0 radical (unpaired) electrons. The van der Waals surface area contributed by atoms with Gasteiger partial charge in [0, 0.05) is 23.6 Å². The van der Waals surface area contributed by atoms with Gasteiger partial charge in [0.25, 0.3) is 0 Å². The predicted molar refractivity (Wildman–Crippen MR) is 89.9 cm³/mol. The van der Waals surface area contributed by atoms with Gasteiger partial charge in [0.2, 0.25) is 0 Å². The Morgan fingerprint density at radius 2 is 2.17 bits per heavy atom. The average molecular weight is 334 g/mol. The van der Waals surface area contributed by atoms with Crippen molar-refractivity contribution in [3.63, 3.8) is 0 Å². The minimum absolute atomic E-state index is 0.0144. The van der Waals surface area contributed by atoms with Gasteiger partial charge in [0.15, 0.2) is 0 Å². The Hall–Kier alpha value is -1.59. The zero-order valence-corrected chi connectivity index (χ0v) is 13.6. The Balaban J connectivity index is 2.08. The molecular formula is C18H20ClNO3. The van der Waals surface area contributed by atoms with Gasteiger partial charge < -0.3 is 20.3 Å². The van der Waals surface area contributed by atoms with Crippen LogP contribution in [0, 0.1) is 0 Å². The number of nitrogens with two attached hydrogens (primary N) is 1. The first-order chi connectivity index (χ1) is 11.2. The number of benzene rings is 2. The summed E-state index contributed by atoms with van der Waals surface area (Å²) in [6.45, 7) is 1.49. The third-order valence-corrected chi connectivity index (χ3v) is 4.13. The molecule has 23 heavy (non-hydrogen) atoms. The van der Waals surface area contributed by atoms with E-state index in [2.05, 4.69) is 0 Å². The topological polar surface area (TPSA) is 64.7 Å². The second kappa shape index (κ2) is 7.32. The summed E-state index contributed by atoms with van der Waals surface area (Å²) in [5, 5.41) is 10.2. The minimum atomic E-state index is -0.324. The highest BCUT2D eigenvalue weighted by molar-refractivity contribution is 6.30. The summed E-state index contributed by atoms with van der Waals surface area (Å²) in [4.78, 5) is 0. The number of aliphatic hydroxyl groups is 1. The summed E-state index contributed by atoms with van der Waals surface area (Å²) in [5.74, 6) is 0.851. The third kappa shape index (κ3) is 3.51. The molecule has 3 N–H and O–H groups in total. The van der Waals surface area contributed by atoms with Crippen molar-refractivity contribution in [2.45, 2.75) is 19.1 Å². The van der Waals surface area contributed by atoms with Crippen molar-refractivity contribution in [2.24, 2.45) is 5.73 Å². The molecule has 0 saturated carbocycles. The predicted octanol–water partition coefficient (Wildman–Crippen LogP) is 2.83. The number of halogens is 1. The van der Waals surface area contributed by atoms with E-state index >= 15 is 0 Å². The summed E-state index contributed by atoms with van der Waals surface area (Å²) in [6.07, 6.45) is 0.519. The van der Waals surface area contributed by atoms with Crippen LogP contribution in [0.2, 0.25) is 5.02 Å². The van der Waals surface area contributed by atoms with E-state index in [1.807, 2.05) is 36.4 Å². The number of hydrogen-bond donors (Lipinski definition) is 2. The summed E-state index contributed by atoms with van der Waals surface area (Å²) in [5.41, 5.74) is 9.43. The third-order valence-electron chi connectivity index (χ3n) is 3.89. The molecule has 4 nitrogen and oxygen atoms in total. The second-order valence-electron chi connectivity index (χ2n) is 5.52. The van der Waals surface area contributed by atoms with Crippen LogP contribution in [0.15, 0.2) is 36.4 Å². The highest BCUT2D eigenvalue weighted by Gasteiger charge is 2.25. The van der Waals surface area contributed by atoms with Crippen LogP contribution in [0.1, 0.15) is 28.4 Å². The Morgan fingerprint density at radius 3 is 2.91 bits per heavy atom. The number of rotatable bonds is 6. The first-order valence-corrected chi connectivity index (χ1v) is 8.07. The van der Waals surface area contributed by atoms with Crippen LogP contribution in [-0.4, -0.2) is 24.9 Å². The Bertz CT molecular complexity index is 690. The lowest BCUT2D eigenvalue weighted by Crippen LogP contribution is -2.15. The molecule has 0 aromatic heterocycles. The van der Waals surface area contributed by atoms with E-state index < -0.39 is 0 Å². The molecule has 1 heterocycles. The van der Waals surface area contributed by atoms with E-state index in [0.717, 1.165) is 34.4 Å². The summed E-state index contributed by atoms with van der Waals surface area (Å²) in [6, 6.07) is 11.5. The monoisotopic (exact) mass is 333 g/mol. The molecule has 0 amide bonds. The average Bonchev–Trinajstić information content (AvgIpc) is 3.03. The fraction of sp³-hybridized carbons (Fsp3) is 0.333. The van der Waals surface area contributed by atoms with E-state index in [0.29, 0.717) is 24.8 Å². The quantitative estimate of drug-likeness (QED) is 0.853. The molecule has 5 heteroatoms. The van der Waals surface area contributed by atoms with Crippen LogP contribution in [0.25, 0.3) is 0 Å². The van der Waals surface area contributed by atoms with Crippen LogP contribution in [-0.2, 0) is 17.8 Å². The molecule has 1 atom stereocenters. The van der Waals surface area contributed by atoms with Crippen LogP contribution < -0.4 is 10.5 Å². The first kappa shape index (κ1) is 16.3.